The fourth-order valence-corrected chi connectivity index (χ4v) is 3.45. The van der Waals surface area contributed by atoms with Crippen LogP contribution < -0.4 is 4.74 Å². The summed E-state index contributed by atoms with van der Waals surface area (Å²) < 4.78 is 5.79. The lowest BCUT2D eigenvalue weighted by Crippen LogP contribution is -2.47. The average Bonchev–Trinajstić information content (AvgIpc) is 2.68. The second-order valence-electron chi connectivity index (χ2n) is 7.22. The number of amides is 1. The average molecular weight is 352 g/mol. The molecule has 4 heteroatoms. The van der Waals surface area contributed by atoms with Crippen LogP contribution in [0.5, 0.6) is 11.5 Å². The third-order valence-electron chi connectivity index (χ3n) is 5.18. The lowest BCUT2D eigenvalue weighted by atomic mass is 10.0. The largest absolute Gasteiger partial charge is 0.457 e. The molecule has 1 aliphatic rings. The molecule has 138 valence electrons. The van der Waals surface area contributed by atoms with Crippen LogP contribution in [0.4, 0.5) is 0 Å². The Morgan fingerprint density at radius 3 is 2.15 bits per heavy atom. The molecule has 26 heavy (non-hydrogen) atoms. The molecule has 0 unspecified atom stereocenters. The maximum absolute atomic E-state index is 12.8. The van der Waals surface area contributed by atoms with Gasteiger partial charge in [0, 0.05) is 37.8 Å². The summed E-state index contributed by atoms with van der Waals surface area (Å²) in [6.45, 7) is 6.58. The molecular formula is C22H28N2O2. The first-order valence-corrected chi connectivity index (χ1v) is 9.39. The number of piperidine rings is 1. The summed E-state index contributed by atoms with van der Waals surface area (Å²) in [6, 6.07) is 18.0. The van der Waals surface area contributed by atoms with Crippen LogP contribution in [0.1, 0.15) is 37.0 Å². The van der Waals surface area contributed by atoms with Gasteiger partial charge in [0.1, 0.15) is 11.5 Å². The highest BCUT2D eigenvalue weighted by Gasteiger charge is 2.26. The zero-order chi connectivity index (χ0) is 18.5. The van der Waals surface area contributed by atoms with Gasteiger partial charge in [0.15, 0.2) is 0 Å². The van der Waals surface area contributed by atoms with Crippen molar-refractivity contribution >= 4 is 5.91 Å². The van der Waals surface area contributed by atoms with E-state index in [1.165, 1.54) is 0 Å². The van der Waals surface area contributed by atoms with Crippen LogP contribution in [0.25, 0.3) is 0 Å². The van der Waals surface area contributed by atoms with E-state index in [1.54, 1.807) is 0 Å². The summed E-state index contributed by atoms with van der Waals surface area (Å²) in [7, 11) is 1.92. The molecule has 2 aromatic carbocycles. The molecule has 3 rings (SSSR count). The van der Waals surface area contributed by atoms with Crippen molar-refractivity contribution in [2.24, 2.45) is 0 Å². The van der Waals surface area contributed by atoms with Crippen molar-refractivity contribution in [3.63, 3.8) is 0 Å². The second-order valence-corrected chi connectivity index (χ2v) is 7.22. The molecule has 1 fully saturated rings. The molecule has 0 atom stereocenters. The summed E-state index contributed by atoms with van der Waals surface area (Å²) in [5.74, 6) is 1.61. The van der Waals surface area contributed by atoms with E-state index in [0.717, 1.165) is 37.4 Å². The van der Waals surface area contributed by atoms with Gasteiger partial charge in [-0.15, -0.1) is 0 Å². The number of ether oxygens (including phenoxy) is 1. The van der Waals surface area contributed by atoms with Gasteiger partial charge in [-0.3, -0.25) is 4.79 Å². The Labute approximate surface area is 156 Å². The van der Waals surface area contributed by atoms with Gasteiger partial charge < -0.3 is 14.5 Å². The first-order chi connectivity index (χ1) is 12.5. The predicted octanol–water partition coefficient (Wildman–Crippen LogP) is 4.42. The van der Waals surface area contributed by atoms with Crippen LogP contribution in [0, 0.1) is 0 Å². The van der Waals surface area contributed by atoms with E-state index in [1.807, 2.05) is 66.5 Å². The van der Waals surface area contributed by atoms with Gasteiger partial charge in [-0.25, -0.2) is 0 Å². The quantitative estimate of drug-likeness (QED) is 0.798. The van der Waals surface area contributed by atoms with Crippen molar-refractivity contribution in [2.75, 3.05) is 20.1 Å². The van der Waals surface area contributed by atoms with Gasteiger partial charge in [0.05, 0.1) is 0 Å². The van der Waals surface area contributed by atoms with E-state index in [-0.39, 0.29) is 5.91 Å². The van der Waals surface area contributed by atoms with Crippen molar-refractivity contribution in [2.45, 2.75) is 38.8 Å². The highest BCUT2D eigenvalue weighted by atomic mass is 16.5. The third kappa shape index (κ3) is 4.44. The van der Waals surface area contributed by atoms with E-state index in [0.29, 0.717) is 17.6 Å². The predicted molar refractivity (Wildman–Crippen MR) is 105 cm³/mol. The Bertz CT molecular complexity index is 705. The third-order valence-corrected chi connectivity index (χ3v) is 5.18. The van der Waals surface area contributed by atoms with Crippen LogP contribution in [-0.2, 0) is 0 Å². The monoisotopic (exact) mass is 352 g/mol. The highest BCUT2D eigenvalue weighted by molar-refractivity contribution is 5.94. The molecule has 0 aliphatic carbocycles. The van der Waals surface area contributed by atoms with Crippen LogP contribution in [0.15, 0.2) is 54.6 Å². The molecule has 0 spiro atoms. The highest BCUT2D eigenvalue weighted by Crippen LogP contribution is 2.23. The summed E-state index contributed by atoms with van der Waals surface area (Å²) in [6.07, 6.45) is 2.07. The minimum atomic E-state index is 0.0826. The van der Waals surface area contributed by atoms with Gasteiger partial charge in [0.25, 0.3) is 5.91 Å². The van der Waals surface area contributed by atoms with E-state index < -0.39 is 0 Å². The first kappa shape index (κ1) is 18.5. The van der Waals surface area contributed by atoms with Gasteiger partial charge in [-0.05, 0) is 63.1 Å². The van der Waals surface area contributed by atoms with Crippen LogP contribution in [-0.4, -0.2) is 47.9 Å². The van der Waals surface area contributed by atoms with Crippen molar-refractivity contribution in [3.05, 3.63) is 60.2 Å². The zero-order valence-corrected chi connectivity index (χ0v) is 15.9. The minimum absolute atomic E-state index is 0.0826. The van der Waals surface area contributed by atoms with Crippen molar-refractivity contribution in [3.8, 4) is 11.5 Å². The van der Waals surface area contributed by atoms with Gasteiger partial charge >= 0.3 is 0 Å². The lowest BCUT2D eigenvalue weighted by Gasteiger charge is -2.38. The van der Waals surface area contributed by atoms with Crippen LogP contribution in [0.2, 0.25) is 0 Å². The smallest absolute Gasteiger partial charge is 0.253 e. The number of hydrogen-bond donors (Lipinski definition) is 0. The number of rotatable bonds is 5. The van der Waals surface area contributed by atoms with Gasteiger partial charge in [0.2, 0.25) is 0 Å². The molecule has 1 heterocycles. The maximum atomic E-state index is 12.8. The standard InChI is InChI=1S/C22H28N2O2/c1-17(2)24-15-13-19(14-16-24)23(3)22(25)18-9-11-21(12-10-18)26-20-7-5-4-6-8-20/h4-12,17,19H,13-16H2,1-3H3. The zero-order valence-electron chi connectivity index (χ0n) is 15.9. The van der Waals surface area contributed by atoms with Crippen LogP contribution >= 0.6 is 0 Å². The Hall–Kier alpha value is -2.33. The number of likely N-dealkylation sites (tertiary alicyclic amines) is 1. The molecule has 0 radical (unpaired) electrons. The maximum Gasteiger partial charge on any atom is 0.253 e. The second kappa shape index (κ2) is 8.37. The lowest BCUT2D eigenvalue weighted by molar-refractivity contribution is 0.0615. The van der Waals surface area contributed by atoms with Crippen molar-refractivity contribution in [1.82, 2.24) is 9.80 Å². The minimum Gasteiger partial charge on any atom is -0.457 e. The molecule has 0 N–H and O–H groups in total. The fraction of sp³-hybridized carbons (Fsp3) is 0.409. The molecule has 1 saturated heterocycles. The molecule has 0 saturated carbocycles. The Kier molecular flexibility index (Phi) is 5.94. The van der Waals surface area contributed by atoms with E-state index >= 15 is 0 Å². The molecule has 0 aromatic heterocycles. The van der Waals surface area contributed by atoms with E-state index in [2.05, 4.69) is 18.7 Å². The van der Waals surface area contributed by atoms with Crippen molar-refractivity contribution < 1.29 is 9.53 Å². The van der Waals surface area contributed by atoms with E-state index in [4.69, 9.17) is 4.74 Å². The van der Waals surface area contributed by atoms with Crippen molar-refractivity contribution in [1.29, 1.82) is 0 Å². The number of carbonyl (C=O) groups excluding carboxylic acids is 1. The number of carbonyl (C=O) groups is 1. The molecule has 1 amide bonds. The summed E-state index contributed by atoms with van der Waals surface area (Å²) in [5, 5.41) is 0. The first-order valence-electron chi connectivity index (χ1n) is 9.39. The van der Waals surface area contributed by atoms with Gasteiger partial charge in [-0.1, -0.05) is 18.2 Å². The summed E-state index contributed by atoms with van der Waals surface area (Å²) >= 11 is 0. The SMILES string of the molecule is CC(C)N1CCC(N(C)C(=O)c2ccc(Oc3ccccc3)cc2)CC1. The molecule has 1 aliphatic heterocycles. The number of nitrogens with zero attached hydrogens (tertiary/aromatic N) is 2. The van der Waals surface area contributed by atoms with Gasteiger partial charge in [-0.2, -0.15) is 0 Å². The molecule has 4 nitrogen and oxygen atoms in total. The Morgan fingerprint density at radius 1 is 1.00 bits per heavy atom. The number of benzene rings is 2. The van der Waals surface area contributed by atoms with E-state index in [9.17, 15) is 4.79 Å². The molecule has 0 bridgehead atoms. The number of hydrogen-bond acceptors (Lipinski definition) is 3. The Balaban J connectivity index is 1.59. The summed E-state index contributed by atoms with van der Waals surface area (Å²) in [5.41, 5.74) is 0.708. The molecule has 2 aromatic rings. The normalized spacial score (nSPS) is 15.8. The Morgan fingerprint density at radius 2 is 1.58 bits per heavy atom. The topological polar surface area (TPSA) is 32.8 Å². The number of para-hydroxylation sites is 1. The fourth-order valence-electron chi connectivity index (χ4n) is 3.45. The summed E-state index contributed by atoms with van der Waals surface area (Å²) in [4.78, 5) is 17.2. The molecular weight excluding hydrogens is 324 g/mol. The van der Waals surface area contributed by atoms with Crippen LogP contribution in [0.3, 0.4) is 0 Å².